The number of nitrogens with one attached hydrogen (secondary N) is 1. The van der Waals surface area contributed by atoms with E-state index in [-0.39, 0.29) is 0 Å². The zero-order chi connectivity index (χ0) is 14.2. The zero-order valence-corrected chi connectivity index (χ0v) is 12.4. The Bertz CT molecular complexity index is 510. The van der Waals surface area contributed by atoms with Crippen LogP contribution in [0, 0.1) is 0 Å². The third-order valence-electron chi connectivity index (χ3n) is 5.33. The van der Waals surface area contributed by atoms with E-state index in [2.05, 4.69) is 45.4 Å². The first kappa shape index (κ1) is 13.1. The maximum atomic E-state index is 12.3. The molecule has 4 heteroatoms. The second-order valence-corrected chi connectivity index (χ2v) is 6.48. The molecule has 0 radical (unpaired) electrons. The van der Waals surface area contributed by atoms with Gasteiger partial charge in [0, 0.05) is 43.3 Å². The predicted molar refractivity (Wildman–Crippen MR) is 83.3 cm³/mol. The number of piperidine rings is 1. The number of carbonyl (C=O) groups excluding carboxylic acids is 1. The minimum Gasteiger partial charge on any atom is -0.371 e. The van der Waals surface area contributed by atoms with Crippen molar-refractivity contribution in [3.05, 3.63) is 30.3 Å². The van der Waals surface area contributed by atoms with Crippen LogP contribution in [-0.2, 0) is 4.79 Å². The number of amides is 1. The maximum Gasteiger partial charge on any atom is 0.224 e. The van der Waals surface area contributed by atoms with E-state index in [4.69, 9.17) is 0 Å². The molecule has 1 N–H and O–H groups in total. The average Bonchev–Trinajstić information content (AvgIpc) is 3.08. The molecular formula is C17H23N3O. The van der Waals surface area contributed by atoms with Crippen molar-refractivity contribution in [1.29, 1.82) is 0 Å². The number of carbonyl (C=O) groups is 1. The minimum atomic E-state index is 0.371. The maximum absolute atomic E-state index is 12.3. The summed E-state index contributed by atoms with van der Waals surface area (Å²) < 4.78 is 0. The number of para-hydroxylation sites is 1. The molecule has 3 aliphatic rings. The lowest BCUT2D eigenvalue weighted by atomic mass is 10.0. The van der Waals surface area contributed by atoms with E-state index in [9.17, 15) is 4.79 Å². The van der Waals surface area contributed by atoms with Crippen molar-refractivity contribution in [2.24, 2.45) is 0 Å². The summed E-state index contributed by atoms with van der Waals surface area (Å²) in [4.78, 5) is 17.0. The Morgan fingerprint density at radius 2 is 1.81 bits per heavy atom. The number of fused-ring (bicyclic) bond motifs is 1. The van der Waals surface area contributed by atoms with E-state index >= 15 is 0 Å². The van der Waals surface area contributed by atoms with Crippen molar-refractivity contribution in [2.45, 2.75) is 43.8 Å². The smallest absolute Gasteiger partial charge is 0.224 e. The van der Waals surface area contributed by atoms with Gasteiger partial charge in [0.15, 0.2) is 0 Å². The fraction of sp³-hybridized carbons (Fsp3) is 0.588. The number of rotatable bonds is 2. The third-order valence-corrected chi connectivity index (χ3v) is 5.33. The van der Waals surface area contributed by atoms with Gasteiger partial charge in [0.1, 0.15) is 0 Å². The van der Waals surface area contributed by atoms with Gasteiger partial charge in [-0.25, -0.2) is 0 Å². The molecule has 1 aromatic rings. The normalized spacial score (nSPS) is 30.0. The Hall–Kier alpha value is -1.55. The summed E-state index contributed by atoms with van der Waals surface area (Å²) in [5.41, 5.74) is 1.31. The van der Waals surface area contributed by atoms with Crippen molar-refractivity contribution in [2.75, 3.05) is 24.5 Å². The van der Waals surface area contributed by atoms with Gasteiger partial charge in [-0.05, 0) is 37.9 Å². The third kappa shape index (κ3) is 2.31. The summed E-state index contributed by atoms with van der Waals surface area (Å²) in [6.07, 6.45) is 4.05. The molecule has 3 aliphatic heterocycles. The van der Waals surface area contributed by atoms with Crippen LogP contribution in [0.1, 0.15) is 25.7 Å². The van der Waals surface area contributed by atoms with Gasteiger partial charge in [-0.1, -0.05) is 18.2 Å². The molecule has 4 nitrogen and oxygen atoms in total. The Labute approximate surface area is 126 Å². The fourth-order valence-electron chi connectivity index (χ4n) is 4.29. The second-order valence-electron chi connectivity index (χ2n) is 6.48. The minimum absolute atomic E-state index is 0.371. The summed E-state index contributed by atoms with van der Waals surface area (Å²) >= 11 is 0. The fourth-order valence-corrected chi connectivity index (χ4v) is 4.29. The van der Waals surface area contributed by atoms with Crippen molar-refractivity contribution < 1.29 is 4.79 Å². The Kier molecular flexibility index (Phi) is 3.34. The van der Waals surface area contributed by atoms with Gasteiger partial charge >= 0.3 is 0 Å². The van der Waals surface area contributed by atoms with Crippen molar-refractivity contribution in [1.82, 2.24) is 10.2 Å². The van der Waals surface area contributed by atoms with Crippen molar-refractivity contribution in [3.8, 4) is 0 Å². The quantitative estimate of drug-likeness (QED) is 0.897. The molecule has 4 rings (SSSR count). The molecule has 0 spiro atoms. The van der Waals surface area contributed by atoms with Crippen LogP contribution in [0.25, 0.3) is 0 Å². The van der Waals surface area contributed by atoms with Gasteiger partial charge < -0.3 is 15.1 Å². The van der Waals surface area contributed by atoms with Crippen LogP contribution in [0.2, 0.25) is 0 Å². The summed E-state index contributed by atoms with van der Waals surface area (Å²) in [5, 5.41) is 3.48. The molecule has 3 heterocycles. The van der Waals surface area contributed by atoms with Gasteiger partial charge in [-0.2, -0.15) is 0 Å². The van der Waals surface area contributed by atoms with E-state index < -0.39 is 0 Å². The standard InChI is InChI=1S/C17H23N3O/c21-17-12-15-16(6-9-18-15)20(17)14-7-10-19(11-8-14)13-4-2-1-3-5-13/h1-5,14-16,18H,6-12H2/t15-,16-/m1/s1. The van der Waals surface area contributed by atoms with Crippen LogP contribution >= 0.6 is 0 Å². The molecule has 0 unspecified atom stereocenters. The molecule has 0 bridgehead atoms. The van der Waals surface area contributed by atoms with E-state index in [0.717, 1.165) is 38.9 Å². The summed E-state index contributed by atoms with van der Waals surface area (Å²) in [5.74, 6) is 0.371. The molecule has 1 aromatic carbocycles. The van der Waals surface area contributed by atoms with E-state index in [1.807, 2.05) is 0 Å². The first-order valence-corrected chi connectivity index (χ1v) is 8.17. The molecule has 21 heavy (non-hydrogen) atoms. The van der Waals surface area contributed by atoms with Gasteiger partial charge in [0.25, 0.3) is 0 Å². The molecule has 1 amide bonds. The second kappa shape index (κ2) is 5.34. The molecule has 0 saturated carbocycles. The van der Waals surface area contributed by atoms with Crippen molar-refractivity contribution in [3.63, 3.8) is 0 Å². The number of nitrogens with zero attached hydrogens (tertiary/aromatic N) is 2. The molecule has 112 valence electrons. The van der Waals surface area contributed by atoms with Crippen LogP contribution < -0.4 is 10.2 Å². The Morgan fingerprint density at radius 1 is 1.05 bits per heavy atom. The lowest BCUT2D eigenvalue weighted by Crippen LogP contribution is -2.49. The van der Waals surface area contributed by atoms with Crippen LogP contribution in [-0.4, -0.2) is 48.6 Å². The predicted octanol–water partition coefficient (Wildman–Crippen LogP) is 1.62. The average molecular weight is 285 g/mol. The summed E-state index contributed by atoms with van der Waals surface area (Å²) in [6, 6.07) is 12.0. The number of hydrogen-bond acceptors (Lipinski definition) is 3. The van der Waals surface area contributed by atoms with E-state index in [1.165, 1.54) is 5.69 Å². The number of hydrogen-bond donors (Lipinski definition) is 1. The number of anilines is 1. The van der Waals surface area contributed by atoms with Crippen molar-refractivity contribution >= 4 is 11.6 Å². The molecule has 3 saturated heterocycles. The van der Waals surface area contributed by atoms with Crippen LogP contribution in [0.5, 0.6) is 0 Å². The topological polar surface area (TPSA) is 35.6 Å². The highest BCUT2D eigenvalue weighted by molar-refractivity contribution is 5.80. The van der Waals surface area contributed by atoms with Gasteiger partial charge in [0.05, 0.1) is 0 Å². The van der Waals surface area contributed by atoms with Crippen LogP contribution in [0.4, 0.5) is 5.69 Å². The SMILES string of the molecule is O=C1C[C@H]2NCC[C@H]2N1C1CCN(c2ccccc2)CC1. The molecule has 2 atom stereocenters. The zero-order valence-electron chi connectivity index (χ0n) is 12.4. The van der Waals surface area contributed by atoms with Crippen LogP contribution in [0.15, 0.2) is 30.3 Å². The molecule has 3 fully saturated rings. The van der Waals surface area contributed by atoms with Gasteiger partial charge in [-0.15, -0.1) is 0 Å². The molecular weight excluding hydrogens is 262 g/mol. The Morgan fingerprint density at radius 3 is 2.57 bits per heavy atom. The first-order chi connectivity index (χ1) is 10.3. The molecule has 0 aliphatic carbocycles. The van der Waals surface area contributed by atoms with Crippen LogP contribution in [0.3, 0.4) is 0 Å². The monoisotopic (exact) mass is 285 g/mol. The highest BCUT2D eigenvalue weighted by Gasteiger charge is 2.45. The number of likely N-dealkylation sites (tertiary alicyclic amines) is 1. The lowest BCUT2D eigenvalue weighted by molar-refractivity contribution is -0.131. The van der Waals surface area contributed by atoms with Gasteiger partial charge in [0.2, 0.25) is 5.91 Å². The largest absolute Gasteiger partial charge is 0.371 e. The molecule has 0 aromatic heterocycles. The number of benzene rings is 1. The lowest BCUT2D eigenvalue weighted by Gasteiger charge is -2.40. The summed E-state index contributed by atoms with van der Waals surface area (Å²) in [6.45, 7) is 3.19. The van der Waals surface area contributed by atoms with E-state index in [0.29, 0.717) is 30.5 Å². The highest BCUT2D eigenvalue weighted by Crippen LogP contribution is 2.32. The first-order valence-electron chi connectivity index (χ1n) is 8.17. The summed E-state index contributed by atoms with van der Waals surface area (Å²) in [7, 11) is 0. The Balaban J connectivity index is 1.42. The highest BCUT2D eigenvalue weighted by atomic mass is 16.2. The van der Waals surface area contributed by atoms with Gasteiger partial charge in [-0.3, -0.25) is 4.79 Å². The van der Waals surface area contributed by atoms with E-state index in [1.54, 1.807) is 0 Å².